The molecule has 23 heavy (non-hydrogen) atoms. The van der Waals surface area contributed by atoms with Crippen molar-refractivity contribution < 1.29 is 8.42 Å². The summed E-state index contributed by atoms with van der Waals surface area (Å²) in [7, 11) is -3.55. The summed E-state index contributed by atoms with van der Waals surface area (Å²) in [5.41, 5.74) is 2.00. The zero-order valence-electron chi connectivity index (χ0n) is 13.6. The molecule has 4 heteroatoms. The maximum absolute atomic E-state index is 12.6. The number of allylic oxidation sites excluding steroid dienone is 1. The van der Waals surface area contributed by atoms with Gasteiger partial charge in [-0.05, 0) is 37.5 Å². The van der Waals surface area contributed by atoms with Crippen molar-refractivity contribution >= 4 is 10.0 Å². The average molecular weight is 329 g/mol. The van der Waals surface area contributed by atoms with Crippen molar-refractivity contribution in [1.82, 2.24) is 4.72 Å². The van der Waals surface area contributed by atoms with Crippen molar-refractivity contribution in [2.75, 3.05) is 0 Å². The SMILES string of the molecule is CC/C=C\C[C@@H](NS(=O)(=O)c1ccc(C)cc1)c1ccccc1. The summed E-state index contributed by atoms with van der Waals surface area (Å²) < 4.78 is 28.1. The van der Waals surface area contributed by atoms with E-state index < -0.39 is 10.0 Å². The van der Waals surface area contributed by atoms with E-state index in [-0.39, 0.29) is 6.04 Å². The van der Waals surface area contributed by atoms with E-state index in [4.69, 9.17) is 0 Å². The molecule has 1 atom stereocenters. The first-order chi connectivity index (χ1) is 11.0. The van der Waals surface area contributed by atoms with Crippen LogP contribution in [0.2, 0.25) is 0 Å². The highest BCUT2D eigenvalue weighted by atomic mass is 32.2. The Bertz CT molecular complexity index is 735. The van der Waals surface area contributed by atoms with Crippen LogP contribution >= 0.6 is 0 Å². The molecule has 0 aliphatic rings. The van der Waals surface area contributed by atoms with Crippen molar-refractivity contribution in [3.63, 3.8) is 0 Å². The van der Waals surface area contributed by atoms with E-state index in [1.54, 1.807) is 12.1 Å². The van der Waals surface area contributed by atoms with Crippen molar-refractivity contribution in [2.45, 2.75) is 37.6 Å². The second-order valence-electron chi connectivity index (χ2n) is 5.51. The third kappa shape index (κ3) is 5.05. The number of nitrogens with one attached hydrogen (secondary N) is 1. The van der Waals surface area contributed by atoms with Gasteiger partial charge in [0.1, 0.15) is 0 Å². The zero-order valence-corrected chi connectivity index (χ0v) is 14.4. The molecule has 0 radical (unpaired) electrons. The van der Waals surface area contributed by atoms with Crippen LogP contribution in [0.3, 0.4) is 0 Å². The van der Waals surface area contributed by atoms with Gasteiger partial charge in [-0.25, -0.2) is 13.1 Å². The predicted molar refractivity (Wildman–Crippen MR) is 94.7 cm³/mol. The molecular weight excluding hydrogens is 306 g/mol. The van der Waals surface area contributed by atoms with Gasteiger partial charge in [0.2, 0.25) is 10.0 Å². The molecule has 0 fully saturated rings. The van der Waals surface area contributed by atoms with Gasteiger partial charge in [-0.2, -0.15) is 0 Å². The van der Waals surface area contributed by atoms with Gasteiger partial charge in [-0.1, -0.05) is 67.1 Å². The van der Waals surface area contributed by atoms with Crippen LogP contribution in [0.5, 0.6) is 0 Å². The number of hydrogen-bond donors (Lipinski definition) is 1. The number of hydrogen-bond acceptors (Lipinski definition) is 2. The molecule has 2 aromatic carbocycles. The Morgan fingerprint density at radius 3 is 2.26 bits per heavy atom. The van der Waals surface area contributed by atoms with Crippen molar-refractivity contribution in [2.24, 2.45) is 0 Å². The number of benzene rings is 2. The summed E-state index contributed by atoms with van der Waals surface area (Å²) in [4.78, 5) is 0.295. The number of rotatable bonds is 7. The lowest BCUT2D eigenvalue weighted by Crippen LogP contribution is -2.28. The van der Waals surface area contributed by atoms with Gasteiger partial charge in [-0.15, -0.1) is 0 Å². The van der Waals surface area contributed by atoms with Crippen LogP contribution in [0.25, 0.3) is 0 Å². The minimum absolute atomic E-state index is 0.273. The quantitative estimate of drug-likeness (QED) is 0.767. The second kappa shape index (κ2) is 8.09. The normalized spacial score (nSPS) is 13.3. The fourth-order valence-electron chi connectivity index (χ4n) is 2.31. The standard InChI is InChI=1S/C19H23NO2S/c1-3-4-6-11-19(17-9-7-5-8-10-17)20-23(21,22)18-14-12-16(2)13-15-18/h4-10,12-15,19-20H,3,11H2,1-2H3/b6-4-/t19-/m1/s1. The Morgan fingerprint density at radius 1 is 1.00 bits per heavy atom. The molecule has 2 rings (SSSR count). The van der Waals surface area contributed by atoms with Gasteiger partial charge in [0.05, 0.1) is 10.9 Å². The summed E-state index contributed by atoms with van der Waals surface area (Å²) in [6.45, 7) is 4.00. The third-order valence-electron chi connectivity index (χ3n) is 3.60. The summed E-state index contributed by atoms with van der Waals surface area (Å²) >= 11 is 0. The lowest BCUT2D eigenvalue weighted by molar-refractivity contribution is 0.557. The average Bonchev–Trinajstić information content (AvgIpc) is 2.55. The van der Waals surface area contributed by atoms with Crippen LogP contribution in [0.1, 0.15) is 36.9 Å². The second-order valence-corrected chi connectivity index (χ2v) is 7.23. The molecule has 122 valence electrons. The van der Waals surface area contributed by atoms with Gasteiger partial charge < -0.3 is 0 Å². The third-order valence-corrected chi connectivity index (χ3v) is 5.09. The molecule has 0 saturated carbocycles. The van der Waals surface area contributed by atoms with E-state index >= 15 is 0 Å². The molecule has 0 aliphatic carbocycles. The first-order valence-electron chi connectivity index (χ1n) is 7.82. The monoisotopic (exact) mass is 329 g/mol. The molecule has 0 aliphatic heterocycles. The summed E-state index contributed by atoms with van der Waals surface area (Å²) in [5, 5.41) is 0. The van der Waals surface area contributed by atoms with Gasteiger partial charge in [-0.3, -0.25) is 0 Å². The first-order valence-corrected chi connectivity index (χ1v) is 9.30. The molecule has 3 nitrogen and oxygen atoms in total. The van der Waals surface area contributed by atoms with Crippen molar-refractivity contribution in [3.8, 4) is 0 Å². The molecule has 0 spiro atoms. The van der Waals surface area contributed by atoms with Crippen LogP contribution in [-0.4, -0.2) is 8.42 Å². The van der Waals surface area contributed by atoms with E-state index in [0.717, 1.165) is 17.5 Å². The summed E-state index contributed by atoms with van der Waals surface area (Å²) in [6, 6.07) is 16.3. The van der Waals surface area contributed by atoms with E-state index in [2.05, 4.69) is 17.7 Å². The molecule has 2 aromatic rings. The van der Waals surface area contributed by atoms with Gasteiger partial charge in [0.25, 0.3) is 0 Å². The molecule has 0 heterocycles. The molecule has 0 bridgehead atoms. The number of sulfonamides is 1. The topological polar surface area (TPSA) is 46.2 Å². The maximum Gasteiger partial charge on any atom is 0.241 e. The van der Waals surface area contributed by atoms with E-state index in [1.807, 2.05) is 55.5 Å². The Kier molecular flexibility index (Phi) is 6.13. The minimum atomic E-state index is -3.55. The van der Waals surface area contributed by atoms with E-state index in [1.165, 1.54) is 0 Å². The maximum atomic E-state index is 12.6. The van der Waals surface area contributed by atoms with Gasteiger partial charge in [0, 0.05) is 0 Å². The molecule has 0 aromatic heterocycles. The van der Waals surface area contributed by atoms with Crippen molar-refractivity contribution in [1.29, 1.82) is 0 Å². The van der Waals surface area contributed by atoms with Crippen molar-refractivity contribution in [3.05, 3.63) is 77.9 Å². The highest BCUT2D eigenvalue weighted by Crippen LogP contribution is 2.21. The van der Waals surface area contributed by atoms with Crippen LogP contribution in [0, 0.1) is 6.92 Å². The van der Waals surface area contributed by atoms with Crippen LogP contribution in [-0.2, 0) is 10.0 Å². The summed E-state index contributed by atoms with van der Waals surface area (Å²) in [6.07, 6.45) is 5.64. The fraction of sp³-hybridized carbons (Fsp3) is 0.263. The summed E-state index contributed by atoms with van der Waals surface area (Å²) in [5.74, 6) is 0. The number of aryl methyl sites for hydroxylation is 1. The van der Waals surface area contributed by atoms with Gasteiger partial charge in [0.15, 0.2) is 0 Å². The van der Waals surface area contributed by atoms with E-state index in [9.17, 15) is 8.42 Å². The van der Waals surface area contributed by atoms with Crippen LogP contribution in [0.15, 0.2) is 71.6 Å². The fourth-order valence-corrected chi connectivity index (χ4v) is 3.55. The molecule has 0 saturated heterocycles. The molecule has 0 unspecified atom stereocenters. The highest BCUT2D eigenvalue weighted by Gasteiger charge is 2.20. The molecular formula is C19H23NO2S. The smallest absolute Gasteiger partial charge is 0.207 e. The Balaban J connectivity index is 2.25. The Morgan fingerprint density at radius 2 is 1.65 bits per heavy atom. The van der Waals surface area contributed by atoms with E-state index in [0.29, 0.717) is 11.3 Å². The van der Waals surface area contributed by atoms with Gasteiger partial charge >= 0.3 is 0 Å². The predicted octanol–water partition coefficient (Wildman–Crippen LogP) is 4.37. The molecule has 1 N–H and O–H groups in total. The minimum Gasteiger partial charge on any atom is -0.207 e. The Labute approximate surface area is 139 Å². The first kappa shape index (κ1) is 17.4. The van der Waals surface area contributed by atoms with Crippen LogP contribution < -0.4 is 4.72 Å². The van der Waals surface area contributed by atoms with Crippen LogP contribution in [0.4, 0.5) is 0 Å². The molecule has 0 amide bonds. The highest BCUT2D eigenvalue weighted by molar-refractivity contribution is 7.89. The lowest BCUT2D eigenvalue weighted by Gasteiger charge is -2.18. The lowest BCUT2D eigenvalue weighted by atomic mass is 10.0. The largest absolute Gasteiger partial charge is 0.241 e. The zero-order chi connectivity index (χ0) is 16.7. The Hall–Kier alpha value is -1.91.